The third kappa shape index (κ3) is 3.70. The summed E-state index contributed by atoms with van der Waals surface area (Å²) in [7, 11) is 0. The maximum atomic E-state index is 12.4. The summed E-state index contributed by atoms with van der Waals surface area (Å²) in [5, 5.41) is 7.40. The van der Waals surface area contributed by atoms with Crippen LogP contribution in [0.1, 0.15) is 27.2 Å². The van der Waals surface area contributed by atoms with Crippen molar-refractivity contribution in [1.29, 1.82) is 0 Å². The molecular formula is C21H18N4O2S. The Labute approximate surface area is 166 Å². The Morgan fingerprint density at radius 2 is 1.79 bits per heavy atom. The van der Waals surface area contributed by atoms with Gasteiger partial charge >= 0.3 is 0 Å². The Hall–Kier alpha value is -3.32. The number of hydrogen-bond donors (Lipinski definition) is 1. The molecule has 0 atom stereocenters. The molecule has 6 nitrogen and oxygen atoms in total. The lowest BCUT2D eigenvalue weighted by atomic mass is 10.1. The molecule has 0 radical (unpaired) electrons. The second kappa shape index (κ2) is 7.36. The van der Waals surface area contributed by atoms with Crippen LogP contribution in [0.4, 0.5) is 5.13 Å². The molecule has 2 aromatic heterocycles. The van der Waals surface area contributed by atoms with Gasteiger partial charge in [0.2, 0.25) is 5.82 Å². The molecule has 140 valence electrons. The van der Waals surface area contributed by atoms with Gasteiger partial charge in [0, 0.05) is 11.1 Å². The molecule has 0 aliphatic heterocycles. The van der Waals surface area contributed by atoms with Gasteiger partial charge in [-0.15, -0.1) is 0 Å². The number of rotatable bonds is 4. The van der Waals surface area contributed by atoms with Crippen LogP contribution in [0.3, 0.4) is 0 Å². The third-order valence-corrected chi connectivity index (χ3v) is 5.29. The Kier molecular flexibility index (Phi) is 4.75. The molecule has 28 heavy (non-hydrogen) atoms. The van der Waals surface area contributed by atoms with Crippen molar-refractivity contribution in [2.45, 2.75) is 20.8 Å². The molecule has 1 N–H and O–H groups in total. The van der Waals surface area contributed by atoms with Crippen LogP contribution in [0, 0.1) is 20.8 Å². The minimum atomic E-state index is -0.199. The number of aryl methyl sites for hydroxylation is 3. The number of carbonyl (C=O) groups is 1. The van der Waals surface area contributed by atoms with E-state index in [0.717, 1.165) is 21.7 Å². The summed E-state index contributed by atoms with van der Waals surface area (Å²) in [5.41, 5.74) is 4.39. The van der Waals surface area contributed by atoms with Gasteiger partial charge in [0.15, 0.2) is 5.13 Å². The van der Waals surface area contributed by atoms with Crippen LogP contribution >= 0.6 is 11.3 Å². The fraction of sp³-hybridized carbons (Fsp3) is 0.143. The fourth-order valence-electron chi connectivity index (χ4n) is 2.74. The van der Waals surface area contributed by atoms with Gasteiger partial charge in [-0.05, 0) is 32.9 Å². The Morgan fingerprint density at radius 3 is 2.54 bits per heavy atom. The van der Waals surface area contributed by atoms with E-state index in [4.69, 9.17) is 4.52 Å². The number of hydrogen-bond acceptors (Lipinski definition) is 6. The second-order valence-electron chi connectivity index (χ2n) is 6.55. The zero-order chi connectivity index (χ0) is 19.7. The van der Waals surface area contributed by atoms with Crippen LogP contribution < -0.4 is 5.32 Å². The fourth-order valence-corrected chi connectivity index (χ4v) is 3.62. The number of anilines is 1. The minimum absolute atomic E-state index is 0.199. The second-order valence-corrected chi connectivity index (χ2v) is 7.55. The molecule has 0 spiro atoms. The quantitative estimate of drug-likeness (QED) is 0.528. The van der Waals surface area contributed by atoms with Crippen molar-refractivity contribution < 1.29 is 9.32 Å². The van der Waals surface area contributed by atoms with E-state index < -0.39 is 0 Å². The monoisotopic (exact) mass is 390 g/mol. The molecule has 0 aliphatic carbocycles. The van der Waals surface area contributed by atoms with E-state index in [9.17, 15) is 4.79 Å². The molecule has 0 unspecified atom stereocenters. The molecule has 7 heteroatoms. The number of amides is 1. The van der Waals surface area contributed by atoms with E-state index in [1.807, 2.05) is 63.2 Å². The number of aromatic nitrogens is 3. The third-order valence-electron chi connectivity index (χ3n) is 4.23. The standard InChI is InChI=1S/C21H18N4O2S/c1-12-7-9-15(10-8-12)18-23-20(27-25-18)17-14(3)22-21(28-17)24-19(26)16-6-4-5-13(2)11-16/h4-11H,1-3H3,(H,22,24,26). The average molecular weight is 390 g/mol. The van der Waals surface area contributed by atoms with Gasteiger partial charge in [0.1, 0.15) is 4.88 Å². The van der Waals surface area contributed by atoms with Crippen molar-refractivity contribution in [1.82, 2.24) is 15.1 Å². The number of carbonyl (C=O) groups excluding carboxylic acids is 1. The molecule has 4 rings (SSSR count). The summed E-state index contributed by atoms with van der Waals surface area (Å²) < 4.78 is 5.43. The zero-order valence-electron chi connectivity index (χ0n) is 15.7. The van der Waals surface area contributed by atoms with Gasteiger partial charge in [-0.3, -0.25) is 10.1 Å². The van der Waals surface area contributed by atoms with Crippen LogP contribution in [0.2, 0.25) is 0 Å². The molecule has 0 bridgehead atoms. The van der Waals surface area contributed by atoms with Crippen LogP contribution in [0.5, 0.6) is 0 Å². The summed E-state index contributed by atoms with van der Waals surface area (Å²) in [6.07, 6.45) is 0. The van der Waals surface area contributed by atoms with Crippen LogP contribution in [0.15, 0.2) is 53.1 Å². The molecule has 0 saturated heterocycles. The highest BCUT2D eigenvalue weighted by Crippen LogP contribution is 2.33. The van der Waals surface area contributed by atoms with Crippen molar-refractivity contribution in [3.05, 3.63) is 70.9 Å². The lowest BCUT2D eigenvalue weighted by Crippen LogP contribution is -2.11. The largest absolute Gasteiger partial charge is 0.333 e. The van der Waals surface area contributed by atoms with E-state index in [1.165, 1.54) is 16.9 Å². The first-order valence-electron chi connectivity index (χ1n) is 8.76. The molecule has 0 saturated carbocycles. The van der Waals surface area contributed by atoms with Crippen molar-refractivity contribution in [3.8, 4) is 22.2 Å². The highest BCUT2D eigenvalue weighted by molar-refractivity contribution is 7.19. The van der Waals surface area contributed by atoms with Gasteiger partial charge in [-0.2, -0.15) is 4.98 Å². The highest BCUT2D eigenvalue weighted by Gasteiger charge is 2.18. The Balaban J connectivity index is 1.56. The molecule has 0 fully saturated rings. The van der Waals surface area contributed by atoms with E-state index >= 15 is 0 Å². The van der Waals surface area contributed by atoms with Gasteiger partial charge in [-0.1, -0.05) is 64.0 Å². The van der Waals surface area contributed by atoms with E-state index in [2.05, 4.69) is 20.4 Å². The minimum Gasteiger partial charge on any atom is -0.333 e. The SMILES string of the molecule is Cc1ccc(-c2noc(-c3sc(NC(=O)c4cccc(C)c4)nc3C)n2)cc1. The number of nitrogens with zero attached hydrogens (tertiary/aromatic N) is 3. The van der Waals surface area contributed by atoms with Gasteiger partial charge < -0.3 is 4.52 Å². The number of nitrogens with one attached hydrogen (secondary N) is 1. The van der Waals surface area contributed by atoms with E-state index in [-0.39, 0.29) is 5.91 Å². The van der Waals surface area contributed by atoms with Crippen molar-refractivity contribution >= 4 is 22.4 Å². The first kappa shape index (κ1) is 18.1. The normalized spacial score (nSPS) is 10.8. The molecular weight excluding hydrogens is 372 g/mol. The number of thiazole rings is 1. The van der Waals surface area contributed by atoms with Crippen LogP contribution in [0.25, 0.3) is 22.2 Å². The molecule has 4 aromatic rings. The van der Waals surface area contributed by atoms with Crippen LogP contribution in [-0.4, -0.2) is 21.0 Å². The van der Waals surface area contributed by atoms with Gasteiger partial charge in [0.25, 0.3) is 11.8 Å². The van der Waals surface area contributed by atoms with Crippen LogP contribution in [-0.2, 0) is 0 Å². The first-order valence-corrected chi connectivity index (χ1v) is 9.58. The smallest absolute Gasteiger partial charge is 0.270 e. The maximum Gasteiger partial charge on any atom is 0.270 e. The summed E-state index contributed by atoms with van der Waals surface area (Å²) in [6, 6.07) is 15.3. The van der Waals surface area contributed by atoms with E-state index in [1.54, 1.807) is 6.07 Å². The summed E-state index contributed by atoms with van der Waals surface area (Å²) in [5.74, 6) is 0.713. The Bertz CT molecular complexity index is 1150. The predicted octanol–water partition coefficient (Wildman–Crippen LogP) is 5.04. The van der Waals surface area contributed by atoms with Gasteiger partial charge in [-0.25, -0.2) is 4.98 Å². The maximum absolute atomic E-state index is 12.4. The molecule has 1 amide bonds. The summed E-state index contributed by atoms with van der Waals surface area (Å²) in [6.45, 7) is 5.83. The summed E-state index contributed by atoms with van der Waals surface area (Å²) in [4.78, 5) is 22.1. The van der Waals surface area contributed by atoms with Gasteiger partial charge in [0.05, 0.1) is 5.69 Å². The van der Waals surface area contributed by atoms with E-state index in [0.29, 0.717) is 22.4 Å². The van der Waals surface area contributed by atoms with Crippen molar-refractivity contribution in [2.24, 2.45) is 0 Å². The van der Waals surface area contributed by atoms with Crippen molar-refractivity contribution in [3.63, 3.8) is 0 Å². The lowest BCUT2D eigenvalue weighted by molar-refractivity contribution is 0.102. The summed E-state index contributed by atoms with van der Waals surface area (Å²) >= 11 is 1.31. The molecule has 0 aliphatic rings. The topological polar surface area (TPSA) is 80.9 Å². The van der Waals surface area contributed by atoms with Crippen molar-refractivity contribution in [2.75, 3.05) is 5.32 Å². The predicted molar refractivity (Wildman–Crippen MR) is 109 cm³/mol. The highest BCUT2D eigenvalue weighted by atomic mass is 32.1. The molecule has 2 aromatic carbocycles. The average Bonchev–Trinajstić information content (AvgIpc) is 3.29. The first-order chi connectivity index (χ1) is 13.5. The zero-order valence-corrected chi connectivity index (χ0v) is 16.5. The lowest BCUT2D eigenvalue weighted by Gasteiger charge is -2.02. The molecule has 2 heterocycles. The number of benzene rings is 2. The Morgan fingerprint density at radius 1 is 1.00 bits per heavy atom.